The molecule has 1 aliphatic heterocycles. The van der Waals surface area contributed by atoms with Crippen molar-refractivity contribution in [2.45, 2.75) is 0 Å². The lowest BCUT2D eigenvalue weighted by molar-refractivity contribution is 0.0973. The third-order valence-corrected chi connectivity index (χ3v) is 3.45. The number of halogens is 1. The van der Waals surface area contributed by atoms with Gasteiger partial charge < -0.3 is 0 Å². The first kappa shape index (κ1) is 9.85. The van der Waals surface area contributed by atoms with Crippen molar-refractivity contribution >= 4 is 28.5 Å². The molecule has 0 aliphatic carbocycles. The molecule has 86 valence electrons. The van der Waals surface area contributed by atoms with Crippen molar-refractivity contribution in [1.29, 1.82) is 0 Å². The van der Waals surface area contributed by atoms with Gasteiger partial charge in [-0.2, -0.15) is 0 Å². The molecule has 0 N–H and O–H groups in total. The van der Waals surface area contributed by atoms with E-state index in [0.29, 0.717) is 16.4 Å². The second-order valence-electron chi connectivity index (χ2n) is 4.25. The quantitative estimate of drug-likeness (QED) is 0.482. The topological polar surface area (TPSA) is 34.9 Å². The molecule has 1 aromatic heterocycles. The molecule has 2 heterocycles. The SMILES string of the molecule is O=C1c2ccccc2-c2nc3cc(Cl)ccc3n21. The van der Waals surface area contributed by atoms with E-state index in [4.69, 9.17) is 11.6 Å². The van der Waals surface area contributed by atoms with Crippen LogP contribution in [0.3, 0.4) is 0 Å². The van der Waals surface area contributed by atoms with Gasteiger partial charge in [0.15, 0.2) is 0 Å². The highest BCUT2D eigenvalue weighted by Gasteiger charge is 2.29. The second-order valence-corrected chi connectivity index (χ2v) is 4.69. The molecule has 0 amide bonds. The molecule has 0 bridgehead atoms. The molecule has 4 heteroatoms. The van der Waals surface area contributed by atoms with Gasteiger partial charge in [-0.05, 0) is 24.3 Å². The highest BCUT2D eigenvalue weighted by molar-refractivity contribution is 6.31. The lowest BCUT2D eigenvalue weighted by Gasteiger charge is -1.97. The van der Waals surface area contributed by atoms with Crippen LogP contribution >= 0.6 is 11.6 Å². The van der Waals surface area contributed by atoms with Gasteiger partial charge in [-0.3, -0.25) is 9.36 Å². The summed E-state index contributed by atoms with van der Waals surface area (Å²) >= 11 is 5.94. The fourth-order valence-electron chi connectivity index (χ4n) is 2.42. The molecule has 0 atom stereocenters. The first-order valence-electron chi connectivity index (χ1n) is 5.58. The number of nitrogens with zero attached hydrogens (tertiary/aromatic N) is 2. The summed E-state index contributed by atoms with van der Waals surface area (Å²) in [7, 11) is 0. The number of fused-ring (bicyclic) bond motifs is 5. The maximum atomic E-state index is 12.3. The minimum Gasteiger partial charge on any atom is -0.268 e. The van der Waals surface area contributed by atoms with Crippen LogP contribution < -0.4 is 0 Å². The molecule has 0 spiro atoms. The second kappa shape index (κ2) is 3.21. The standard InChI is InChI=1S/C14H7ClN2O/c15-8-5-6-12-11(7-8)16-13-9-3-1-2-4-10(9)14(18)17(12)13/h1-7H. The molecular weight excluding hydrogens is 248 g/mol. The van der Waals surface area contributed by atoms with E-state index in [1.807, 2.05) is 30.3 Å². The summed E-state index contributed by atoms with van der Waals surface area (Å²) in [6, 6.07) is 12.9. The summed E-state index contributed by atoms with van der Waals surface area (Å²) in [5.74, 6) is 0.679. The monoisotopic (exact) mass is 254 g/mol. The van der Waals surface area contributed by atoms with Crippen LogP contribution in [0.15, 0.2) is 42.5 Å². The van der Waals surface area contributed by atoms with Crippen LogP contribution in [0.2, 0.25) is 5.02 Å². The lowest BCUT2D eigenvalue weighted by atomic mass is 10.1. The van der Waals surface area contributed by atoms with E-state index in [1.165, 1.54) is 0 Å². The summed E-state index contributed by atoms with van der Waals surface area (Å²) in [4.78, 5) is 16.8. The fraction of sp³-hybridized carbons (Fsp3) is 0. The molecule has 0 unspecified atom stereocenters. The van der Waals surface area contributed by atoms with Crippen LogP contribution in [-0.4, -0.2) is 15.5 Å². The van der Waals surface area contributed by atoms with E-state index >= 15 is 0 Å². The van der Waals surface area contributed by atoms with Crippen LogP contribution in [0.1, 0.15) is 10.4 Å². The molecule has 0 saturated heterocycles. The molecule has 1 aliphatic rings. The molecule has 3 aromatic rings. The van der Waals surface area contributed by atoms with E-state index in [0.717, 1.165) is 16.6 Å². The Labute approximate surface area is 108 Å². The van der Waals surface area contributed by atoms with E-state index in [1.54, 1.807) is 16.7 Å². The van der Waals surface area contributed by atoms with Crippen molar-refractivity contribution in [3.8, 4) is 11.4 Å². The zero-order valence-electron chi connectivity index (χ0n) is 9.22. The molecule has 2 aromatic carbocycles. The van der Waals surface area contributed by atoms with Crippen LogP contribution in [0.25, 0.3) is 22.4 Å². The van der Waals surface area contributed by atoms with Crippen LogP contribution in [0.5, 0.6) is 0 Å². The molecule has 0 fully saturated rings. The summed E-state index contributed by atoms with van der Waals surface area (Å²) < 4.78 is 1.65. The zero-order valence-corrected chi connectivity index (χ0v) is 9.98. The van der Waals surface area contributed by atoms with Gasteiger partial charge in [0.05, 0.1) is 16.6 Å². The fourth-order valence-corrected chi connectivity index (χ4v) is 2.59. The average Bonchev–Trinajstić information content (AvgIpc) is 2.87. The van der Waals surface area contributed by atoms with Gasteiger partial charge in [0.25, 0.3) is 5.91 Å². The normalized spacial score (nSPS) is 12.8. The Morgan fingerprint density at radius 3 is 2.67 bits per heavy atom. The number of imidazole rings is 1. The maximum Gasteiger partial charge on any atom is 0.264 e. The molecule has 0 radical (unpaired) electrons. The van der Waals surface area contributed by atoms with Gasteiger partial charge in [0, 0.05) is 10.6 Å². The van der Waals surface area contributed by atoms with Crippen LogP contribution in [0.4, 0.5) is 0 Å². The number of hydrogen-bond donors (Lipinski definition) is 0. The third kappa shape index (κ3) is 1.09. The highest BCUT2D eigenvalue weighted by Crippen LogP contribution is 2.34. The number of benzene rings is 2. The number of rotatable bonds is 0. The number of aromatic nitrogens is 2. The molecule has 4 rings (SSSR count). The molecule has 18 heavy (non-hydrogen) atoms. The highest BCUT2D eigenvalue weighted by atomic mass is 35.5. The first-order valence-corrected chi connectivity index (χ1v) is 5.95. The Hall–Kier alpha value is -2.13. The average molecular weight is 255 g/mol. The Kier molecular flexibility index (Phi) is 1.76. The van der Waals surface area contributed by atoms with Crippen molar-refractivity contribution in [2.75, 3.05) is 0 Å². The zero-order chi connectivity index (χ0) is 12.3. The summed E-state index contributed by atoms with van der Waals surface area (Å²) in [5, 5.41) is 0.625. The van der Waals surface area contributed by atoms with Gasteiger partial charge in [0.2, 0.25) is 0 Å². The number of hydrogen-bond acceptors (Lipinski definition) is 2. The largest absolute Gasteiger partial charge is 0.268 e. The van der Waals surface area contributed by atoms with Crippen molar-refractivity contribution in [3.63, 3.8) is 0 Å². The Morgan fingerprint density at radius 2 is 1.83 bits per heavy atom. The van der Waals surface area contributed by atoms with E-state index in [9.17, 15) is 4.79 Å². The summed E-state index contributed by atoms with van der Waals surface area (Å²) in [6.45, 7) is 0. The smallest absolute Gasteiger partial charge is 0.264 e. The van der Waals surface area contributed by atoms with Crippen molar-refractivity contribution < 1.29 is 4.79 Å². The Morgan fingerprint density at radius 1 is 1.06 bits per heavy atom. The molecule has 0 saturated carbocycles. The predicted octanol–water partition coefficient (Wildman–Crippen LogP) is 3.36. The third-order valence-electron chi connectivity index (χ3n) is 3.22. The predicted molar refractivity (Wildman–Crippen MR) is 69.9 cm³/mol. The van der Waals surface area contributed by atoms with E-state index < -0.39 is 0 Å². The Balaban J connectivity index is 2.15. The Bertz CT molecular complexity index is 820. The van der Waals surface area contributed by atoms with Gasteiger partial charge >= 0.3 is 0 Å². The van der Waals surface area contributed by atoms with Crippen LogP contribution in [0, 0.1) is 0 Å². The van der Waals surface area contributed by atoms with Gasteiger partial charge in [-0.1, -0.05) is 29.8 Å². The van der Waals surface area contributed by atoms with E-state index in [-0.39, 0.29) is 5.91 Å². The lowest BCUT2D eigenvalue weighted by Crippen LogP contribution is -2.05. The molecular formula is C14H7ClN2O. The summed E-state index contributed by atoms with van der Waals surface area (Å²) in [6.07, 6.45) is 0. The van der Waals surface area contributed by atoms with Gasteiger partial charge in [-0.15, -0.1) is 0 Å². The number of carbonyl (C=O) groups is 1. The van der Waals surface area contributed by atoms with Crippen molar-refractivity contribution in [1.82, 2.24) is 9.55 Å². The minimum absolute atomic E-state index is 0.0228. The minimum atomic E-state index is -0.0228. The van der Waals surface area contributed by atoms with Crippen molar-refractivity contribution in [3.05, 3.63) is 53.1 Å². The maximum absolute atomic E-state index is 12.3. The van der Waals surface area contributed by atoms with E-state index in [2.05, 4.69) is 4.98 Å². The summed E-state index contributed by atoms with van der Waals surface area (Å²) in [5.41, 5.74) is 3.14. The van der Waals surface area contributed by atoms with Gasteiger partial charge in [0.1, 0.15) is 5.82 Å². The first-order chi connectivity index (χ1) is 8.75. The van der Waals surface area contributed by atoms with Crippen LogP contribution in [-0.2, 0) is 0 Å². The van der Waals surface area contributed by atoms with Gasteiger partial charge in [-0.25, -0.2) is 4.98 Å². The van der Waals surface area contributed by atoms with Crippen molar-refractivity contribution in [2.24, 2.45) is 0 Å². The number of carbonyl (C=O) groups excluding carboxylic acids is 1. The molecule has 3 nitrogen and oxygen atoms in total.